The fourth-order valence-corrected chi connectivity index (χ4v) is 5.05. The van der Waals surface area contributed by atoms with Crippen molar-refractivity contribution in [3.8, 4) is 22.4 Å². The molecule has 3 N–H and O–H groups in total. The van der Waals surface area contributed by atoms with Crippen molar-refractivity contribution in [3.05, 3.63) is 89.1 Å². The molecule has 1 aromatic carbocycles. The molecule has 0 saturated carbocycles. The molecule has 0 saturated heterocycles. The van der Waals surface area contributed by atoms with Gasteiger partial charge in [-0.05, 0) is 91.9 Å². The smallest absolute Gasteiger partial charge is 0.408 e. The lowest BCUT2D eigenvalue weighted by atomic mass is 10.00. The summed E-state index contributed by atoms with van der Waals surface area (Å²) in [5, 5.41) is 8.27. The number of nitrogens with one attached hydrogen (secondary N) is 3. The van der Waals surface area contributed by atoms with E-state index in [1.807, 2.05) is 35.7 Å². The lowest BCUT2D eigenvalue weighted by Gasteiger charge is -2.23. The number of hydrogen-bond acceptors (Lipinski definition) is 6. The van der Waals surface area contributed by atoms with Crippen LogP contribution in [0.3, 0.4) is 0 Å². The minimum absolute atomic E-state index is 0.300. The molecule has 0 aliphatic carbocycles. The molecule has 0 spiro atoms. The third kappa shape index (κ3) is 6.35. The van der Waals surface area contributed by atoms with Crippen LogP contribution in [0.25, 0.3) is 33.4 Å². The molecule has 0 fully saturated rings. The van der Waals surface area contributed by atoms with Gasteiger partial charge in [0, 0.05) is 34.6 Å². The van der Waals surface area contributed by atoms with Gasteiger partial charge in [-0.1, -0.05) is 6.07 Å². The average molecular weight is 558 g/mol. The number of nitrogens with zero attached hydrogens (tertiary/aromatic N) is 2. The van der Waals surface area contributed by atoms with Gasteiger partial charge in [-0.2, -0.15) is 0 Å². The summed E-state index contributed by atoms with van der Waals surface area (Å²) in [5.74, 6) is -0.441. The van der Waals surface area contributed by atoms with Gasteiger partial charge in [0.25, 0.3) is 0 Å². The molecule has 1 atom stereocenters. The number of thiophene rings is 1. The predicted molar refractivity (Wildman–Crippen MR) is 155 cm³/mol. The van der Waals surface area contributed by atoms with E-state index in [-0.39, 0.29) is 5.82 Å². The van der Waals surface area contributed by atoms with Crippen LogP contribution in [-0.2, 0) is 16.0 Å². The van der Waals surface area contributed by atoms with Gasteiger partial charge < -0.3 is 20.4 Å². The average Bonchev–Trinajstić information content (AvgIpc) is 3.56. The van der Waals surface area contributed by atoms with Crippen LogP contribution < -0.4 is 10.6 Å². The van der Waals surface area contributed by atoms with Crippen LogP contribution in [0.1, 0.15) is 25.6 Å². The molecule has 0 radical (unpaired) electrons. The number of rotatable bonds is 7. The molecule has 40 heavy (non-hydrogen) atoms. The van der Waals surface area contributed by atoms with Crippen molar-refractivity contribution in [1.29, 1.82) is 0 Å². The molecule has 0 bridgehead atoms. The summed E-state index contributed by atoms with van der Waals surface area (Å²) < 4.78 is 19.0. The van der Waals surface area contributed by atoms with Crippen molar-refractivity contribution in [3.63, 3.8) is 0 Å². The maximum absolute atomic E-state index is 13.6. The quantitative estimate of drug-likeness (QED) is 0.210. The molecule has 204 valence electrons. The first kappa shape index (κ1) is 27.0. The number of aromatic amines is 1. The summed E-state index contributed by atoms with van der Waals surface area (Å²) in [6.45, 7) is 5.28. The Morgan fingerprint density at radius 2 is 1.77 bits per heavy atom. The number of fused-ring (bicyclic) bond motifs is 1. The van der Waals surface area contributed by atoms with Gasteiger partial charge in [0.15, 0.2) is 0 Å². The number of carbonyl (C=O) groups is 2. The number of aromatic nitrogens is 3. The molecule has 4 aromatic heterocycles. The Hall–Kier alpha value is -4.57. The molecular weight excluding hydrogens is 529 g/mol. The number of H-pyrrole nitrogens is 1. The molecule has 1 unspecified atom stereocenters. The summed E-state index contributed by atoms with van der Waals surface area (Å²) in [4.78, 5) is 38.9. The van der Waals surface area contributed by atoms with E-state index >= 15 is 0 Å². The van der Waals surface area contributed by atoms with Crippen molar-refractivity contribution in [2.45, 2.75) is 38.8 Å². The number of carbonyl (C=O) groups excluding carboxylic acids is 2. The highest BCUT2D eigenvalue weighted by molar-refractivity contribution is 7.09. The summed E-state index contributed by atoms with van der Waals surface area (Å²) in [5.41, 5.74) is 3.18. The summed E-state index contributed by atoms with van der Waals surface area (Å²) >= 11 is 1.50. The van der Waals surface area contributed by atoms with Crippen molar-refractivity contribution in [2.75, 3.05) is 5.32 Å². The Morgan fingerprint density at radius 3 is 2.45 bits per heavy atom. The standard InChI is InChI=1S/C30H28FN5O3S/c1-30(2,3)39-29(38)33-23(17-21-5-4-16-40-21)28(37)35-24-11-10-22-25(18-12-14-32-15-13-18)26(36-27(22)34-24)19-6-8-20(31)9-7-19/h4-16,23H,17H2,1-3H3,(H,33,38)(H2,34,35,36,37). The van der Waals surface area contributed by atoms with Gasteiger partial charge in [0.1, 0.15) is 28.9 Å². The van der Waals surface area contributed by atoms with E-state index in [9.17, 15) is 14.0 Å². The zero-order valence-corrected chi connectivity index (χ0v) is 23.0. The molecule has 10 heteroatoms. The highest BCUT2D eigenvalue weighted by Gasteiger charge is 2.26. The largest absolute Gasteiger partial charge is 0.444 e. The molecule has 4 heterocycles. The number of anilines is 1. The number of alkyl carbamates (subject to hydrolysis) is 1. The van der Waals surface area contributed by atoms with Crippen LogP contribution in [0, 0.1) is 5.82 Å². The van der Waals surface area contributed by atoms with Gasteiger partial charge in [-0.25, -0.2) is 14.2 Å². The number of ether oxygens (including phenoxy) is 1. The molecule has 0 aliphatic heterocycles. The van der Waals surface area contributed by atoms with Gasteiger partial charge in [0.2, 0.25) is 5.91 Å². The SMILES string of the molecule is CC(C)(C)OC(=O)NC(Cc1cccs1)C(=O)Nc1ccc2c(-c3ccncc3)c(-c3ccc(F)cc3)[nH]c2n1. The summed E-state index contributed by atoms with van der Waals surface area (Å²) in [6, 6.07) is 16.5. The predicted octanol–water partition coefficient (Wildman–Crippen LogP) is 6.57. The molecule has 8 nitrogen and oxygen atoms in total. The minimum Gasteiger partial charge on any atom is -0.444 e. The van der Waals surface area contributed by atoms with Crippen LogP contribution >= 0.6 is 11.3 Å². The first-order chi connectivity index (χ1) is 19.2. The van der Waals surface area contributed by atoms with E-state index in [2.05, 4.69) is 25.6 Å². The lowest BCUT2D eigenvalue weighted by molar-refractivity contribution is -0.118. The van der Waals surface area contributed by atoms with E-state index < -0.39 is 23.6 Å². The second kappa shape index (κ2) is 11.3. The Morgan fingerprint density at radius 1 is 1.02 bits per heavy atom. The first-order valence-electron chi connectivity index (χ1n) is 12.7. The lowest BCUT2D eigenvalue weighted by Crippen LogP contribution is -2.47. The van der Waals surface area contributed by atoms with E-state index in [4.69, 9.17) is 4.74 Å². The Bertz CT molecular complexity index is 1630. The molecule has 5 rings (SSSR count). The third-order valence-corrected chi connectivity index (χ3v) is 6.90. The van der Waals surface area contributed by atoms with E-state index in [0.717, 1.165) is 32.6 Å². The highest BCUT2D eigenvalue weighted by Crippen LogP contribution is 2.38. The zero-order valence-electron chi connectivity index (χ0n) is 22.2. The Balaban J connectivity index is 1.46. The van der Waals surface area contributed by atoms with Crippen molar-refractivity contribution >= 4 is 40.2 Å². The molecule has 0 aliphatic rings. The highest BCUT2D eigenvalue weighted by atomic mass is 32.1. The Labute approximate surface area is 234 Å². The topological polar surface area (TPSA) is 109 Å². The van der Waals surface area contributed by atoms with E-state index in [0.29, 0.717) is 17.9 Å². The number of amides is 2. The fourth-order valence-electron chi connectivity index (χ4n) is 4.30. The second-order valence-electron chi connectivity index (χ2n) is 10.2. The second-order valence-corrected chi connectivity index (χ2v) is 11.2. The zero-order chi connectivity index (χ0) is 28.3. The number of halogens is 1. The van der Waals surface area contributed by atoms with Crippen LogP contribution in [0.5, 0.6) is 0 Å². The van der Waals surface area contributed by atoms with Gasteiger partial charge >= 0.3 is 6.09 Å². The van der Waals surface area contributed by atoms with Crippen molar-refractivity contribution in [2.24, 2.45) is 0 Å². The first-order valence-corrected chi connectivity index (χ1v) is 13.6. The van der Waals surface area contributed by atoms with Crippen molar-refractivity contribution < 1.29 is 18.7 Å². The number of hydrogen-bond donors (Lipinski definition) is 3. The van der Waals surface area contributed by atoms with E-state index in [1.54, 1.807) is 51.4 Å². The van der Waals surface area contributed by atoms with Gasteiger partial charge in [0.05, 0.1) is 5.69 Å². The monoisotopic (exact) mass is 557 g/mol. The summed E-state index contributed by atoms with van der Waals surface area (Å²) in [7, 11) is 0. The summed E-state index contributed by atoms with van der Waals surface area (Å²) in [6.07, 6.45) is 3.03. The van der Waals surface area contributed by atoms with Gasteiger partial charge in [-0.15, -0.1) is 11.3 Å². The normalized spacial score (nSPS) is 12.2. The number of pyridine rings is 2. The maximum atomic E-state index is 13.6. The van der Waals surface area contributed by atoms with E-state index in [1.165, 1.54) is 23.5 Å². The minimum atomic E-state index is -0.878. The third-order valence-electron chi connectivity index (χ3n) is 6.00. The molecule has 2 amide bonds. The van der Waals surface area contributed by atoms with Crippen LogP contribution in [0.15, 0.2) is 78.4 Å². The Kier molecular flexibility index (Phi) is 7.61. The number of benzene rings is 1. The molecular formula is C30H28FN5O3S. The van der Waals surface area contributed by atoms with Gasteiger partial charge in [-0.3, -0.25) is 9.78 Å². The van der Waals surface area contributed by atoms with Crippen LogP contribution in [-0.4, -0.2) is 38.6 Å². The van der Waals surface area contributed by atoms with Crippen LogP contribution in [0.4, 0.5) is 15.0 Å². The maximum Gasteiger partial charge on any atom is 0.408 e. The fraction of sp³-hybridized carbons (Fsp3) is 0.200. The van der Waals surface area contributed by atoms with Crippen molar-refractivity contribution in [1.82, 2.24) is 20.3 Å². The van der Waals surface area contributed by atoms with Crippen LogP contribution in [0.2, 0.25) is 0 Å². The molecule has 5 aromatic rings.